The zero-order chi connectivity index (χ0) is 13.8. The first kappa shape index (κ1) is 13.7. The number of benzene rings is 1. The highest BCUT2D eigenvalue weighted by Gasteiger charge is 2.17. The van der Waals surface area contributed by atoms with Gasteiger partial charge in [-0.15, -0.1) is 0 Å². The summed E-state index contributed by atoms with van der Waals surface area (Å²) in [5.41, 5.74) is 7.23. The Balaban J connectivity index is 1.46. The van der Waals surface area contributed by atoms with E-state index in [1.807, 2.05) is 6.07 Å². The quantitative estimate of drug-likeness (QED) is 0.881. The number of rotatable bonds is 4. The molecule has 1 fully saturated rings. The van der Waals surface area contributed by atoms with E-state index in [0.29, 0.717) is 25.3 Å². The van der Waals surface area contributed by atoms with Crippen LogP contribution in [0.1, 0.15) is 31.2 Å². The molecule has 1 heterocycles. The summed E-state index contributed by atoms with van der Waals surface area (Å²) in [6.07, 6.45) is 5.76. The van der Waals surface area contributed by atoms with Crippen molar-refractivity contribution >= 4 is 0 Å². The minimum atomic E-state index is 0.422. The third kappa shape index (κ3) is 3.44. The van der Waals surface area contributed by atoms with E-state index >= 15 is 0 Å². The molecule has 0 amide bonds. The van der Waals surface area contributed by atoms with Gasteiger partial charge in [0, 0.05) is 12.1 Å². The molecule has 4 nitrogen and oxygen atoms in total. The highest BCUT2D eigenvalue weighted by atomic mass is 16.6. The molecular formula is C16H24N2O2. The van der Waals surface area contributed by atoms with Crippen molar-refractivity contribution in [3.63, 3.8) is 0 Å². The van der Waals surface area contributed by atoms with Crippen molar-refractivity contribution in [3.05, 3.63) is 23.8 Å². The van der Waals surface area contributed by atoms with Gasteiger partial charge in [-0.3, -0.25) is 0 Å². The number of nitrogens with one attached hydrogen (secondary N) is 1. The third-order valence-electron chi connectivity index (χ3n) is 4.23. The Labute approximate surface area is 120 Å². The van der Waals surface area contributed by atoms with E-state index in [1.165, 1.54) is 18.4 Å². The average molecular weight is 276 g/mol. The zero-order valence-electron chi connectivity index (χ0n) is 11.9. The van der Waals surface area contributed by atoms with E-state index in [4.69, 9.17) is 15.2 Å². The number of nitrogens with two attached hydrogens (primary N) is 1. The van der Waals surface area contributed by atoms with Crippen molar-refractivity contribution in [3.8, 4) is 11.5 Å². The van der Waals surface area contributed by atoms with Gasteiger partial charge < -0.3 is 20.5 Å². The standard InChI is InChI=1S/C16H24N2O2/c17-13-2-4-14(5-3-13)18-8-7-12-1-6-15-16(11-12)20-10-9-19-15/h1,6,11,13-14,18H,2-5,7-10,17H2. The van der Waals surface area contributed by atoms with Gasteiger partial charge in [0.15, 0.2) is 11.5 Å². The van der Waals surface area contributed by atoms with Gasteiger partial charge in [-0.1, -0.05) is 6.07 Å². The fourth-order valence-electron chi connectivity index (χ4n) is 2.99. The summed E-state index contributed by atoms with van der Waals surface area (Å²) in [6.45, 7) is 2.31. The van der Waals surface area contributed by atoms with Gasteiger partial charge >= 0.3 is 0 Å². The normalized spacial score (nSPS) is 25.4. The van der Waals surface area contributed by atoms with E-state index < -0.39 is 0 Å². The van der Waals surface area contributed by atoms with Gasteiger partial charge in [-0.05, 0) is 56.3 Å². The molecule has 110 valence electrons. The van der Waals surface area contributed by atoms with E-state index in [9.17, 15) is 0 Å². The number of ether oxygens (including phenoxy) is 2. The molecule has 0 unspecified atom stereocenters. The van der Waals surface area contributed by atoms with Crippen molar-refractivity contribution in [1.29, 1.82) is 0 Å². The van der Waals surface area contributed by atoms with E-state index in [-0.39, 0.29) is 0 Å². The van der Waals surface area contributed by atoms with Crippen molar-refractivity contribution in [2.75, 3.05) is 19.8 Å². The molecule has 0 saturated heterocycles. The van der Waals surface area contributed by atoms with E-state index in [2.05, 4.69) is 17.4 Å². The predicted molar refractivity (Wildman–Crippen MR) is 79.4 cm³/mol. The lowest BCUT2D eigenvalue weighted by molar-refractivity contribution is 0.171. The Hall–Kier alpha value is -1.26. The Kier molecular flexibility index (Phi) is 4.43. The maximum atomic E-state index is 5.93. The molecule has 0 bridgehead atoms. The Bertz CT molecular complexity index is 442. The second-order valence-electron chi connectivity index (χ2n) is 5.79. The largest absolute Gasteiger partial charge is 0.486 e. The average Bonchev–Trinajstić information content (AvgIpc) is 2.49. The first-order chi connectivity index (χ1) is 9.81. The van der Waals surface area contributed by atoms with Crippen LogP contribution in [-0.2, 0) is 6.42 Å². The molecule has 4 heteroatoms. The van der Waals surface area contributed by atoms with Crippen LogP contribution < -0.4 is 20.5 Å². The molecule has 3 rings (SSSR count). The summed E-state index contributed by atoms with van der Waals surface area (Å²) < 4.78 is 11.1. The van der Waals surface area contributed by atoms with Crippen LogP contribution in [0.3, 0.4) is 0 Å². The molecule has 0 spiro atoms. The first-order valence-corrected chi connectivity index (χ1v) is 7.69. The summed E-state index contributed by atoms with van der Waals surface area (Å²) in [5.74, 6) is 1.76. The van der Waals surface area contributed by atoms with E-state index in [0.717, 1.165) is 37.3 Å². The second kappa shape index (κ2) is 6.46. The summed E-state index contributed by atoms with van der Waals surface area (Å²) in [4.78, 5) is 0. The monoisotopic (exact) mass is 276 g/mol. The smallest absolute Gasteiger partial charge is 0.161 e. The van der Waals surface area contributed by atoms with Crippen LogP contribution in [0, 0.1) is 0 Å². The summed E-state index contributed by atoms with van der Waals surface area (Å²) >= 11 is 0. The lowest BCUT2D eigenvalue weighted by Crippen LogP contribution is -2.38. The highest BCUT2D eigenvalue weighted by molar-refractivity contribution is 5.43. The minimum absolute atomic E-state index is 0.422. The minimum Gasteiger partial charge on any atom is -0.486 e. The first-order valence-electron chi connectivity index (χ1n) is 7.69. The zero-order valence-corrected chi connectivity index (χ0v) is 11.9. The van der Waals surface area contributed by atoms with Crippen LogP contribution in [-0.4, -0.2) is 31.8 Å². The van der Waals surface area contributed by atoms with Gasteiger partial charge in [-0.25, -0.2) is 0 Å². The lowest BCUT2D eigenvalue weighted by Gasteiger charge is -2.27. The molecule has 2 aliphatic rings. The van der Waals surface area contributed by atoms with Crippen LogP contribution in [0.2, 0.25) is 0 Å². The van der Waals surface area contributed by atoms with Crippen LogP contribution in [0.25, 0.3) is 0 Å². The van der Waals surface area contributed by atoms with Gasteiger partial charge in [0.05, 0.1) is 0 Å². The molecule has 3 N–H and O–H groups in total. The summed E-state index contributed by atoms with van der Waals surface area (Å²) in [7, 11) is 0. The molecule has 0 aromatic heterocycles. The predicted octanol–water partition coefficient (Wildman–Crippen LogP) is 1.86. The molecule has 1 aliphatic carbocycles. The number of hydrogen-bond acceptors (Lipinski definition) is 4. The number of hydrogen-bond donors (Lipinski definition) is 2. The van der Waals surface area contributed by atoms with Crippen LogP contribution in [0.5, 0.6) is 11.5 Å². The molecule has 1 aliphatic heterocycles. The van der Waals surface area contributed by atoms with Crippen molar-refractivity contribution in [2.24, 2.45) is 5.73 Å². The maximum Gasteiger partial charge on any atom is 0.161 e. The topological polar surface area (TPSA) is 56.5 Å². The Morgan fingerprint density at radius 3 is 2.60 bits per heavy atom. The fraction of sp³-hybridized carbons (Fsp3) is 0.625. The highest BCUT2D eigenvalue weighted by Crippen LogP contribution is 2.30. The SMILES string of the molecule is NC1CCC(NCCc2ccc3c(c2)OCCO3)CC1. The summed E-state index contributed by atoms with van der Waals surface area (Å²) in [6, 6.07) is 7.32. The number of fused-ring (bicyclic) bond motifs is 1. The van der Waals surface area contributed by atoms with E-state index in [1.54, 1.807) is 0 Å². The fourth-order valence-corrected chi connectivity index (χ4v) is 2.99. The Morgan fingerprint density at radius 1 is 1.05 bits per heavy atom. The van der Waals surface area contributed by atoms with Gasteiger partial charge in [0.1, 0.15) is 13.2 Å². The Morgan fingerprint density at radius 2 is 1.80 bits per heavy atom. The second-order valence-corrected chi connectivity index (χ2v) is 5.79. The molecule has 20 heavy (non-hydrogen) atoms. The van der Waals surface area contributed by atoms with Crippen LogP contribution >= 0.6 is 0 Å². The van der Waals surface area contributed by atoms with Gasteiger partial charge in [0.25, 0.3) is 0 Å². The van der Waals surface area contributed by atoms with Gasteiger partial charge in [0.2, 0.25) is 0 Å². The molecular weight excluding hydrogens is 252 g/mol. The van der Waals surface area contributed by atoms with Crippen molar-refractivity contribution < 1.29 is 9.47 Å². The van der Waals surface area contributed by atoms with Crippen molar-refractivity contribution in [2.45, 2.75) is 44.2 Å². The maximum absolute atomic E-state index is 5.93. The molecule has 0 atom stereocenters. The lowest BCUT2D eigenvalue weighted by atomic mass is 9.92. The van der Waals surface area contributed by atoms with Gasteiger partial charge in [-0.2, -0.15) is 0 Å². The van der Waals surface area contributed by atoms with Crippen LogP contribution in [0.4, 0.5) is 0 Å². The molecule has 1 aromatic rings. The van der Waals surface area contributed by atoms with Crippen LogP contribution in [0.15, 0.2) is 18.2 Å². The van der Waals surface area contributed by atoms with Crippen molar-refractivity contribution in [1.82, 2.24) is 5.32 Å². The summed E-state index contributed by atoms with van der Waals surface area (Å²) in [5, 5.41) is 3.64. The molecule has 1 aromatic carbocycles. The molecule has 1 saturated carbocycles. The molecule has 0 radical (unpaired) electrons. The third-order valence-corrected chi connectivity index (χ3v) is 4.23.